The minimum atomic E-state index is 0.425. The van der Waals surface area contributed by atoms with Crippen LogP contribution >= 0.6 is 0 Å². The monoisotopic (exact) mass is 194 g/mol. The molecule has 0 aromatic carbocycles. The van der Waals surface area contributed by atoms with Gasteiger partial charge < -0.3 is 0 Å². The van der Waals surface area contributed by atoms with Crippen LogP contribution in [0.5, 0.6) is 0 Å². The second kappa shape index (κ2) is 6.86. The molecule has 0 heterocycles. The van der Waals surface area contributed by atoms with Gasteiger partial charge in [-0.1, -0.05) is 32.1 Å². The lowest BCUT2D eigenvalue weighted by Crippen LogP contribution is -2.36. The van der Waals surface area contributed by atoms with E-state index in [0.29, 0.717) is 6.04 Å². The molecule has 1 saturated carbocycles. The quantitative estimate of drug-likeness (QED) is 0.400. The van der Waals surface area contributed by atoms with Crippen molar-refractivity contribution >= 4 is 0 Å². The van der Waals surface area contributed by atoms with Crippen molar-refractivity contribution < 1.29 is 0 Å². The molecule has 0 radical (unpaired) electrons. The molecule has 2 heteroatoms. The van der Waals surface area contributed by atoms with Gasteiger partial charge in [0.25, 0.3) is 0 Å². The van der Waals surface area contributed by atoms with Crippen LogP contribution in [0, 0.1) is 18.3 Å². The van der Waals surface area contributed by atoms with Gasteiger partial charge in [-0.3, -0.25) is 11.3 Å². The zero-order chi connectivity index (χ0) is 10.2. The fourth-order valence-corrected chi connectivity index (χ4v) is 2.35. The molecule has 0 bridgehead atoms. The highest BCUT2D eigenvalue weighted by Crippen LogP contribution is 2.27. The summed E-state index contributed by atoms with van der Waals surface area (Å²) in [6.07, 6.45) is 15.3. The lowest BCUT2D eigenvalue weighted by Gasteiger charge is -2.25. The molecule has 3 N–H and O–H groups in total. The number of hydrogen-bond donors (Lipinski definition) is 2. The molecule has 0 aromatic heterocycles. The molecule has 0 amide bonds. The summed E-state index contributed by atoms with van der Waals surface area (Å²) in [6, 6.07) is 0.425. The summed E-state index contributed by atoms with van der Waals surface area (Å²) >= 11 is 0. The van der Waals surface area contributed by atoms with Gasteiger partial charge in [-0.25, -0.2) is 0 Å². The highest BCUT2D eigenvalue weighted by Gasteiger charge is 2.17. The summed E-state index contributed by atoms with van der Waals surface area (Å²) in [5.74, 6) is 9.06. The smallest absolute Gasteiger partial charge is 0.0222 e. The minimum absolute atomic E-state index is 0.425. The first-order chi connectivity index (χ1) is 6.86. The Bertz CT molecular complexity index is 177. The van der Waals surface area contributed by atoms with Gasteiger partial charge in [0.15, 0.2) is 0 Å². The Hall–Kier alpha value is -0.520. The molecule has 80 valence electrons. The van der Waals surface area contributed by atoms with E-state index in [4.69, 9.17) is 12.3 Å². The average Bonchev–Trinajstić information content (AvgIpc) is 2.25. The number of rotatable bonds is 5. The van der Waals surface area contributed by atoms with E-state index in [1.54, 1.807) is 0 Å². The van der Waals surface area contributed by atoms with Crippen LogP contribution < -0.4 is 11.3 Å². The summed E-state index contributed by atoms with van der Waals surface area (Å²) in [5, 5.41) is 0. The van der Waals surface area contributed by atoms with E-state index in [9.17, 15) is 0 Å². The van der Waals surface area contributed by atoms with E-state index in [1.165, 1.54) is 38.5 Å². The van der Waals surface area contributed by atoms with Crippen molar-refractivity contribution in [2.75, 3.05) is 0 Å². The Morgan fingerprint density at radius 2 is 2.07 bits per heavy atom. The van der Waals surface area contributed by atoms with Gasteiger partial charge in [0.1, 0.15) is 0 Å². The van der Waals surface area contributed by atoms with Crippen LogP contribution in [0.2, 0.25) is 0 Å². The van der Waals surface area contributed by atoms with Gasteiger partial charge in [-0.15, -0.1) is 12.3 Å². The second-order valence-corrected chi connectivity index (χ2v) is 4.35. The number of terminal acetylenes is 1. The fourth-order valence-electron chi connectivity index (χ4n) is 2.35. The van der Waals surface area contributed by atoms with Crippen molar-refractivity contribution in [3.8, 4) is 12.3 Å². The van der Waals surface area contributed by atoms with E-state index in [0.717, 1.165) is 18.8 Å². The van der Waals surface area contributed by atoms with Crippen molar-refractivity contribution in [3.63, 3.8) is 0 Å². The van der Waals surface area contributed by atoms with Crippen LogP contribution in [0.25, 0.3) is 0 Å². The van der Waals surface area contributed by atoms with Crippen molar-refractivity contribution in [3.05, 3.63) is 0 Å². The summed E-state index contributed by atoms with van der Waals surface area (Å²) < 4.78 is 0. The predicted octanol–water partition coefficient (Wildman–Crippen LogP) is 2.20. The van der Waals surface area contributed by atoms with Gasteiger partial charge in [-0.2, -0.15) is 0 Å². The van der Waals surface area contributed by atoms with Gasteiger partial charge in [-0.05, 0) is 18.8 Å². The van der Waals surface area contributed by atoms with Crippen LogP contribution in [0.1, 0.15) is 51.4 Å². The first-order valence-corrected chi connectivity index (χ1v) is 5.76. The fraction of sp³-hybridized carbons (Fsp3) is 0.833. The molecule has 0 aromatic rings. The van der Waals surface area contributed by atoms with E-state index in [-0.39, 0.29) is 0 Å². The van der Waals surface area contributed by atoms with Gasteiger partial charge >= 0.3 is 0 Å². The molecule has 14 heavy (non-hydrogen) atoms. The van der Waals surface area contributed by atoms with E-state index in [1.807, 2.05) is 0 Å². The van der Waals surface area contributed by atoms with Crippen molar-refractivity contribution in [1.82, 2.24) is 5.43 Å². The molecule has 1 rings (SSSR count). The Balaban J connectivity index is 2.20. The molecule has 0 aliphatic heterocycles. The third-order valence-electron chi connectivity index (χ3n) is 3.22. The van der Waals surface area contributed by atoms with Gasteiger partial charge in [0.05, 0.1) is 0 Å². The highest BCUT2D eigenvalue weighted by atomic mass is 15.2. The van der Waals surface area contributed by atoms with Crippen LogP contribution in [-0.2, 0) is 0 Å². The lowest BCUT2D eigenvalue weighted by molar-refractivity contribution is 0.293. The molecule has 1 unspecified atom stereocenters. The average molecular weight is 194 g/mol. The van der Waals surface area contributed by atoms with Crippen molar-refractivity contribution in [1.29, 1.82) is 0 Å². The van der Waals surface area contributed by atoms with Crippen LogP contribution in [0.15, 0.2) is 0 Å². The third kappa shape index (κ3) is 4.13. The zero-order valence-electron chi connectivity index (χ0n) is 8.97. The summed E-state index contributed by atoms with van der Waals surface area (Å²) in [6.45, 7) is 0. The minimum Gasteiger partial charge on any atom is -0.271 e. The Morgan fingerprint density at radius 3 is 2.64 bits per heavy atom. The standard InChI is InChI=1S/C12H22N2/c1-2-3-9-12(14-13)10-11-7-5-4-6-8-11/h1,11-12,14H,3-10,13H2. The summed E-state index contributed by atoms with van der Waals surface area (Å²) in [7, 11) is 0. The normalized spacial score (nSPS) is 20.3. The predicted molar refractivity (Wildman–Crippen MR) is 60.4 cm³/mol. The van der Waals surface area contributed by atoms with Crippen LogP contribution in [0.3, 0.4) is 0 Å². The molecular weight excluding hydrogens is 172 g/mol. The van der Waals surface area contributed by atoms with Crippen LogP contribution in [0.4, 0.5) is 0 Å². The maximum absolute atomic E-state index is 5.51. The number of hydrogen-bond acceptors (Lipinski definition) is 2. The number of nitrogens with two attached hydrogens (primary N) is 1. The Labute approximate surface area is 87.6 Å². The molecule has 2 nitrogen and oxygen atoms in total. The molecule has 1 fully saturated rings. The van der Waals surface area contributed by atoms with Crippen molar-refractivity contribution in [2.24, 2.45) is 11.8 Å². The second-order valence-electron chi connectivity index (χ2n) is 4.35. The van der Waals surface area contributed by atoms with Gasteiger partial charge in [0.2, 0.25) is 0 Å². The maximum atomic E-state index is 5.51. The largest absolute Gasteiger partial charge is 0.271 e. The summed E-state index contributed by atoms with van der Waals surface area (Å²) in [5.41, 5.74) is 2.89. The molecule has 0 saturated heterocycles. The topological polar surface area (TPSA) is 38.0 Å². The number of nitrogens with one attached hydrogen (secondary N) is 1. The van der Waals surface area contributed by atoms with Crippen LogP contribution in [-0.4, -0.2) is 6.04 Å². The third-order valence-corrected chi connectivity index (χ3v) is 3.22. The molecule has 1 aliphatic carbocycles. The van der Waals surface area contributed by atoms with E-state index >= 15 is 0 Å². The van der Waals surface area contributed by atoms with E-state index in [2.05, 4.69) is 11.3 Å². The Morgan fingerprint density at radius 1 is 1.36 bits per heavy atom. The lowest BCUT2D eigenvalue weighted by atomic mass is 9.84. The first-order valence-electron chi connectivity index (χ1n) is 5.76. The SMILES string of the molecule is C#CCCC(CC1CCCCC1)NN. The maximum Gasteiger partial charge on any atom is 0.0222 e. The molecule has 1 aliphatic rings. The van der Waals surface area contributed by atoms with E-state index < -0.39 is 0 Å². The molecule has 1 atom stereocenters. The van der Waals surface area contributed by atoms with Crippen molar-refractivity contribution in [2.45, 2.75) is 57.4 Å². The van der Waals surface area contributed by atoms with Gasteiger partial charge in [0, 0.05) is 12.5 Å². The molecular formula is C12H22N2. The number of hydrazine groups is 1. The summed E-state index contributed by atoms with van der Waals surface area (Å²) in [4.78, 5) is 0. The first kappa shape index (κ1) is 11.6. The molecule has 0 spiro atoms. The highest BCUT2D eigenvalue weighted by molar-refractivity contribution is 4.86. The Kier molecular flexibility index (Phi) is 5.66. The zero-order valence-corrected chi connectivity index (χ0v) is 8.97.